The number of hydrogen-bond acceptors (Lipinski definition) is 3. The van der Waals surface area contributed by atoms with Gasteiger partial charge in [0.15, 0.2) is 0 Å². The normalized spacial score (nSPS) is 10.7. The Balaban J connectivity index is 2.75. The molecular weight excluding hydrogens is 260 g/mol. The topological polar surface area (TPSA) is 33.2 Å². The van der Waals surface area contributed by atoms with Crippen molar-refractivity contribution in [1.82, 2.24) is 4.98 Å². The molecule has 0 aliphatic carbocycles. The maximum atomic E-state index is 11.6. The summed E-state index contributed by atoms with van der Waals surface area (Å²) in [6.45, 7) is 7.67. The zero-order chi connectivity index (χ0) is 14.0. The molecular formula is C15H17ClN2O. The van der Waals surface area contributed by atoms with Crippen molar-refractivity contribution in [1.29, 1.82) is 0 Å². The van der Waals surface area contributed by atoms with Crippen LogP contribution in [0.3, 0.4) is 0 Å². The average Bonchev–Trinajstić information content (AvgIpc) is 2.40. The third-order valence-electron chi connectivity index (χ3n) is 3.30. The first kappa shape index (κ1) is 13.8. The standard InChI is InChI=1S/C15H17ClN2O/c1-4-18(5-2)15-12(14(16)19)9-11-8-6-7-10(3)13(11)17-15/h6-9H,4-5H2,1-3H3. The van der Waals surface area contributed by atoms with Gasteiger partial charge in [-0.1, -0.05) is 18.2 Å². The molecule has 0 bridgehead atoms. The summed E-state index contributed by atoms with van der Waals surface area (Å²) in [5.74, 6) is 0.673. The van der Waals surface area contributed by atoms with E-state index in [1.165, 1.54) is 0 Å². The van der Waals surface area contributed by atoms with Crippen LogP contribution in [0.25, 0.3) is 10.9 Å². The van der Waals surface area contributed by atoms with Crippen LogP contribution < -0.4 is 4.90 Å². The lowest BCUT2D eigenvalue weighted by molar-refractivity contribution is 0.108. The molecule has 2 aromatic rings. The van der Waals surface area contributed by atoms with E-state index in [1.807, 2.05) is 49.9 Å². The highest BCUT2D eigenvalue weighted by Crippen LogP contribution is 2.26. The Morgan fingerprint density at radius 1 is 1.32 bits per heavy atom. The van der Waals surface area contributed by atoms with Crippen molar-refractivity contribution in [2.45, 2.75) is 20.8 Å². The molecule has 2 rings (SSSR count). The van der Waals surface area contributed by atoms with Crippen molar-refractivity contribution >= 4 is 33.6 Å². The second-order valence-corrected chi connectivity index (χ2v) is 4.80. The molecule has 0 atom stereocenters. The number of rotatable bonds is 4. The lowest BCUT2D eigenvalue weighted by Crippen LogP contribution is -2.25. The molecule has 4 heteroatoms. The minimum Gasteiger partial charge on any atom is -0.357 e. The first-order valence-corrected chi connectivity index (χ1v) is 6.81. The number of aromatic nitrogens is 1. The Hall–Kier alpha value is -1.61. The van der Waals surface area contributed by atoms with Gasteiger partial charge in [0.2, 0.25) is 0 Å². The molecule has 0 aliphatic rings. The maximum Gasteiger partial charge on any atom is 0.256 e. The van der Waals surface area contributed by atoms with Gasteiger partial charge in [0.05, 0.1) is 11.1 Å². The number of benzene rings is 1. The van der Waals surface area contributed by atoms with Crippen LogP contribution in [-0.2, 0) is 0 Å². The number of nitrogens with zero attached hydrogens (tertiary/aromatic N) is 2. The van der Waals surface area contributed by atoms with Gasteiger partial charge in [-0.15, -0.1) is 0 Å². The van der Waals surface area contributed by atoms with Crippen molar-refractivity contribution in [2.75, 3.05) is 18.0 Å². The zero-order valence-corrected chi connectivity index (χ0v) is 12.2. The number of para-hydroxylation sites is 1. The molecule has 0 saturated heterocycles. The number of aryl methyl sites for hydroxylation is 1. The van der Waals surface area contributed by atoms with E-state index in [1.54, 1.807) is 0 Å². The van der Waals surface area contributed by atoms with E-state index in [2.05, 4.69) is 4.98 Å². The molecule has 1 heterocycles. The Labute approximate surface area is 118 Å². The Morgan fingerprint density at radius 2 is 2.00 bits per heavy atom. The average molecular weight is 277 g/mol. The van der Waals surface area contributed by atoms with Gasteiger partial charge >= 0.3 is 0 Å². The predicted octanol–water partition coefficient (Wildman–Crippen LogP) is 3.77. The van der Waals surface area contributed by atoms with E-state index in [4.69, 9.17) is 11.6 Å². The van der Waals surface area contributed by atoms with Crippen LogP contribution in [0, 0.1) is 6.92 Å². The smallest absolute Gasteiger partial charge is 0.256 e. The minimum atomic E-state index is -0.460. The van der Waals surface area contributed by atoms with Crippen LogP contribution in [0.4, 0.5) is 5.82 Å². The molecule has 100 valence electrons. The summed E-state index contributed by atoms with van der Waals surface area (Å²) >= 11 is 5.70. The molecule has 0 radical (unpaired) electrons. The third kappa shape index (κ3) is 2.56. The van der Waals surface area contributed by atoms with Crippen molar-refractivity contribution in [2.24, 2.45) is 0 Å². The fraction of sp³-hybridized carbons (Fsp3) is 0.333. The SMILES string of the molecule is CCN(CC)c1nc2c(C)cccc2cc1C(=O)Cl. The monoisotopic (exact) mass is 276 g/mol. The Morgan fingerprint density at radius 3 is 2.58 bits per heavy atom. The van der Waals surface area contributed by atoms with E-state index < -0.39 is 5.24 Å². The van der Waals surface area contributed by atoms with Crippen LogP contribution in [0.5, 0.6) is 0 Å². The minimum absolute atomic E-state index is 0.460. The van der Waals surface area contributed by atoms with E-state index in [0.29, 0.717) is 11.4 Å². The molecule has 19 heavy (non-hydrogen) atoms. The van der Waals surface area contributed by atoms with Crippen molar-refractivity contribution in [3.63, 3.8) is 0 Å². The van der Waals surface area contributed by atoms with Gasteiger partial charge in [-0.3, -0.25) is 4.79 Å². The number of pyridine rings is 1. The molecule has 0 saturated carbocycles. The molecule has 1 aromatic heterocycles. The largest absolute Gasteiger partial charge is 0.357 e. The predicted molar refractivity (Wildman–Crippen MR) is 80.2 cm³/mol. The van der Waals surface area contributed by atoms with Crippen LogP contribution in [0.2, 0.25) is 0 Å². The number of carbonyl (C=O) groups excluding carboxylic acids is 1. The van der Waals surface area contributed by atoms with Crippen LogP contribution in [-0.4, -0.2) is 23.3 Å². The zero-order valence-electron chi connectivity index (χ0n) is 11.4. The van der Waals surface area contributed by atoms with Crippen molar-refractivity contribution in [3.05, 3.63) is 35.4 Å². The molecule has 0 amide bonds. The summed E-state index contributed by atoms with van der Waals surface area (Å²) < 4.78 is 0. The van der Waals surface area contributed by atoms with E-state index in [-0.39, 0.29) is 0 Å². The summed E-state index contributed by atoms with van der Waals surface area (Å²) in [4.78, 5) is 18.3. The number of halogens is 1. The first-order chi connectivity index (χ1) is 9.08. The highest BCUT2D eigenvalue weighted by atomic mass is 35.5. The molecule has 0 spiro atoms. The maximum absolute atomic E-state index is 11.6. The summed E-state index contributed by atoms with van der Waals surface area (Å²) in [7, 11) is 0. The fourth-order valence-corrected chi connectivity index (χ4v) is 2.38. The molecule has 1 aromatic carbocycles. The number of fused-ring (bicyclic) bond motifs is 1. The van der Waals surface area contributed by atoms with Gasteiger partial charge < -0.3 is 4.90 Å². The van der Waals surface area contributed by atoms with E-state index in [9.17, 15) is 4.79 Å². The molecule has 0 N–H and O–H groups in total. The summed E-state index contributed by atoms with van der Waals surface area (Å²) in [6.07, 6.45) is 0. The number of anilines is 1. The quantitative estimate of drug-likeness (QED) is 0.797. The van der Waals surface area contributed by atoms with Gasteiger partial charge in [0, 0.05) is 18.5 Å². The lowest BCUT2D eigenvalue weighted by atomic mass is 10.1. The van der Waals surface area contributed by atoms with Crippen molar-refractivity contribution < 1.29 is 4.79 Å². The Kier molecular flexibility index (Phi) is 4.05. The van der Waals surface area contributed by atoms with Crippen LogP contribution in [0.1, 0.15) is 29.8 Å². The highest BCUT2D eigenvalue weighted by molar-refractivity contribution is 6.68. The third-order valence-corrected chi connectivity index (χ3v) is 3.51. The second kappa shape index (κ2) is 5.57. The fourth-order valence-electron chi connectivity index (χ4n) is 2.25. The van der Waals surface area contributed by atoms with Crippen LogP contribution in [0.15, 0.2) is 24.3 Å². The number of carbonyl (C=O) groups is 1. The van der Waals surface area contributed by atoms with Crippen molar-refractivity contribution in [3.8, 4) is 0 Å². The van der Waals surface area contributed by atoms with Gasteiger partial charge in [0.25, 0.3) is 5.24 Å². The first-order valence-electron chi connectivity index (χ1n) is 6.43. The molecule has 0 unspecified atom stereocenters. The van der Waals surface area contributed by atoms with E-state index in [0.717, 1.165) is 29.6 Å². The molecule has 0 fully saturated rings. The second-order valence-electron chi connectivity index (χ2n) is 4.45. The van der Waals surface area contributed by atoms with Gasteiger partial charge in [-0.25, -0.2) is 4.98 Å². The lowest BCUT2D eigenvalue weighted by Gasteiger charge is -2.22. The van der Waals surface area contributed by atoms with Crippen LogP contribution >= 0.6 is 11.6 Å². The Bertz CT molecular complexity index is 621. The summed E-state index contributed by atoms with van der Waals surface area (Å²) in [6, 6.07) is 7.76. The van der Waals surface area contributed by atoms with Gasteiger partial charge in [0.1, 0.15) is 5.82 Å². The van der Waals surface area contributed by atoms with Gasteiger partial charge in [-0.05, 0) is 44.0 Å². The molecule has 3 nitrogen and oxygen atoms in total. The molecule has 0 aliphatic heterocycles. The van der Waals surface area contributed by atoms with Gasteiger partial charge in [-0.2, -0.15) is 0 Å². The highest BCUT2D eigenvalue weighted by Gasteiger charge is 2.17. The van der Waals surface area contributed by atoms with E-state index >= 15 is 0 Å². The summed E-state index contributed by atoms with van der Waals surface area (Å²) in [5, 5.41) is 0.484. The number of hydrogen-bond donors (Lipinski definition) is 0. The summed E-state index contributed by atoms with van der Waals surface area (Å²) in [5.41, 5.74) is 2.49.